The molecule has 1 fully saturated rings. The van der Waals surface area contributed by atoms with E-state index in [1.54, 1.807) is 34.9 Å². The van der Waals surface area contributed by atoms with Gasteiger partial charge in [-0.05, 0) is 17.9 Å². The van der Waals surface area contributed by atoms with Gasteiger partial charge in [0.15, 0.2) is 0 Å². The average molecular weight is 375 g/mol. The van der Waals surface area contributed by atoms with E-state index in [4.69, 9.17) is 23.2 Å². The molecule has 4 nitrogen and oxygen atoms in total. The predicted molar refractivity (Wildman–Crippen MR) is 96.6 cm³/mol. The molecule has 1 saturated heterocycles. The van der Waals surface area contributed by atoms with Crippen LogP contribution in [0.1, 0.15) is 23.7 Å². The number of piperazine rings is 1. The first-order valence-electron chi connectivity index (χ1n) is 7.63. The Balaban J connectivity index is 1.91. The van der Waals surface area contributed by atoms with Gasteiger partial charge in [-0.15, -0.1) is 0 Å². The van der Waals surface area contributed by atoms with Gasteiger partial charge in [-0.2, -0.15) is 11.8 Å². The summed E-state index contributed by atoms with van der Waals surface area (Å²) in [5, 5.41) is 0.718. The number of hydrogen-bond acceptors (Lipinski definition) is 3. The van der Waals surface area contributed by atoms with Crippen LogP contribution < -0.4 is 0 Å². The van der Waals surface area contributed by atoms with Crippen LogP contribution in [-0.2, 0) is 4.79 Å². The molecule has 1 aromatic rings. The molecule has 0 spiro atoms. The van der Waals surface area contributed by atoms with Crippen LogP contribution in [0.3, 0.4) is 0 Å². The Bertz CT molecular complexity index is 555. The van der Waals surface area contributed by atoms with Crippen LogP contribution >= 0.6 is 35.0 Å². The highest BCUT2D eigenvalue weighted by Gasteiger charge is 2.26. The molecule has 1 heterocycles. The molecule has 0 bridgehead atoms. The second-order valence-electron chi connectivity index (χ2n) is 5.22. The highest BCUT2D eigenvalue weighted by atomic mass is 35.5. The second kappa shape index (κ2) is 8.81. The minimum absolute atomic E-state index is 0.161. The second-order valence-corrected chi connectivity index (χ2v) is 7.42. The highest BCUT2D eigenvalue weighted by molar-refractivity contribution is 7.99. The van der Waals surface area contributed by atoms with Crippen molar-refractivity contribution in [2.45, 2.75) is 13.3 Å². The van der Waals surface area contributed by atoms with E-state index in [9.17, 15) is 9.59 Å². The van der Waals surface area contributed by atoms with Gasteiger partial charge < -0.3 is 9.80 Å². The fourth-order valence-corrected chi connectivity index (χ4v) is 3.65. The minimum Gasteiger partial charge on any atom is -0.339 e. The Morgan fingerprint density at radius 1 is 1.09 bits per heavy atom. The van der Waals surface area contributed by atoms with Gasteiger partial charge in [-0.3, -0.25) is 9.59 Å². The SMILES string of the molecule is CCSCCC(=O)N1CCN(C(=O)c2c(Cl)cccc2Cl)CC1. The summed E-state index contributed by atoms with van der Waals surface area (Å²) in [6.45, 7) is 4.21. The molecule has 0 unspecified atom stereocenters. The van der Waals surface area contributed by atoms with Gasteiger partial charge >= 0.3 is 0 Å². The molecule has 0 radical (unpaired) electrons. The molecule has 0 N–H and O–H groups in total. The van der Waals surface area contributed by atoms with Crippen LogP contribution in [0.4, 0.5) is 0 Å². The zero-order valence-corrected chi connectivity index (χ0v) is 15.4. The van der Waals surface area contributed by atoms with E-state index in [1.807, 2.05) is 4.90 Å². The molecule has 0 aromatic heterocycles. The van der Waals surface area contributed by atoms with Gasteiger partial charge in [-0.25, -0.2) is 0 Å². The van der Waals surface area contributed by atoms with Crippen LogP contribution in [0.2, 0.25) is 10.0 Å². The number of benzene rings is 1. The average Bonchev–Trinajstić information content (AvgIpc) is 2.55. The molecule has 2 amide bonds. The van der Waals surface area contributed by atoms with Crippen LogP contribution in [0.5, 0.6) is 0 Å². The lowest BCUT2D eigenvalue weighted by Gasteiger charge is -2.35. The molecule has 0 atom stereocenters. The van der Waals surface area contributed by atoms with Gasteiger partial charge in [0.25, 0.3) is 5.91 Å². The van der Waals surface area contributed by atoms with Crippen LogP contribution in [0, 0.1) is 0 Å². The number of halogens is 2. The summed E-state index contributed by atoms with van der Waals surface area (Å²) in [6.07, 6.45) is 0.558. The topological polar surface area (TPSA) is 40.6 Å². The highest BCUT2D eigenvalue weighted by Crippen LogP contribution is 2.26. The standard InChI is InChI=1S/C16H20Cl2N2O2S/c1-2-23-11-6-14(21)19-7-9-20(10-8-19)16(22)15-12(17)4-3-5-13(15)18/h3-5H,2,6-11H2,1H3. The predicted octanol–water partition coefficient (Wildman–Crippen LogP) is 3.42. The van der Waals surface area contributed by atoms with Crippen molar-refractivity contribution in [1.29, 1.82) is 0 Å². The van der Waals surface area contributed by atoms with Crippen LogP contribution in [0.15, 0.2) is 18.2 Å². The summed E-state index contributed by atoms with van der Waals surface area (Å²) in [4.78, 5) is 28.2. The molecule has 126 valence electrons. The van der Waals surface area contributed by atoms with E-state index in [-0.39, 0.29) is 11.8 Å². The number of rotatable bonds is 5. The monoisotopic (exact) mass is 374 g/mol. The quantitative estimate of drug-likeness (QED) is 0.741. The molecular formula is C16H20Cl2N2O2S. The first-order valence-corrected chi connectivity index (χ1v) is 9.54. The van der Waals surface area contributed by atoms with Crippen molar-refractivity contribution in [1.82, 2.24) is 9.80 Å². The van der Waals surface area contributed by atoms with E-state index < -0.39 is 0 Å². The fourth-order valence-electron chi connectivity index (χ4n) is 2.48. The van der Waals surface area contributed by atoms with Crippen molar-refractivity contribution in [3.8, 4) is 0 Å². The normalized spacial score (nSPS) is 14.9. The number of carbonyl (C=O) groups is 2. The largest absolute Gasteiger partial charge is 0.339 e. The van der Waals surface area contributed by atoms with Gasteiger partial charge in [0.05, 0.1) is 15.6 Å². The molecule has 1 aromatic carbocycles. The summed E-state index contributed by atoms with van der Waals surface area (Å²) in [6, 6.07) is 5.03. The molecule has 0 saturated carbocycles. The lowest BCUT2D eigenvalue weighted by Crippen LogP contribution is -2.50. The van der Waals surface area contributed by atoms with Crippen molar-refractivity contribution >= 4 is 46.8 Å². The van der Waals surface area contributed by atoms with Gasteiger partial charge in [0, 0.05) is 38.4 Å². The molecule has 0 aliphatic carbocycles. The lowest BCUT2D eigenvalue weighted by molar-refractivity contribution is -0.132. The van der Waals surface area contributed by atoms with E-state index in [2.05, 4.69) is 6.92 Å². The maximum atomic E-state index is 12.6. The van der Waals surface area contributed by atoms with E-state index in [0.717, 1.165) is 11.5 Å². The van der Waals surface area contributed by atoms with E-state index in [0.29, 0.717) is 48.2 Å². The fraction of sp³-hybridized carbons (Fsp3) is 0.500. The third-order valence-corrected chi connectivity index (χ3v) is 5.29. The Labute approximate surface area is 151 Å². The lowest BCUT2D eigenvalue weighted by atomic mass is 10.1. The first kappa shape index (κ1) is 18.4. The Morgan fingerprint density at radius 3 is 2.22 bits per heavy atom. The molecule has 23 heavy (non-hydrogen) atoms. The molecule has 7 heteroatoms. The number of amides is 2. The van der Waals surface area contributed by atoms with Gasteiger partial charge in [0.1, 0.15) is 0 Å². The smallest absolute Gasteiger partial charge is 0.257 e. The number of thioether (sulfide) groups is 1. The molecular weight excluding hydrogens is 355 g/mol. The molecule has 1 aliphatic rings. The number of hydrogen-bond donors (Lipinski definition) is 0. The Hall–Kier alpha value is -0.910. The zero-order valence-electron chi connectivity index (χ0n) is 13.1. The van der Waals surface area contributed by atoms with E-state index in [1.165, 1.54) is 0 Å². The Kier molecular flexibility index (Phi) is 7.06. The third kappa shape index (κ3) is 4.78. The van der Waals surface area contributed by atoms with Crippen molar-refractivity contribution < 1.29 is 9.59 Å². The van der Waals surface area contributed by atoms with Crippen molar-refractivity contribution in [2.75, 3.05) is 37.7 Å². The zero-order chi connectivity index (χ0) is 16.8. The maximum Gasteiger partial charge on any atom is 0.257 e. The van der Waals surface area contributed by atoms with Crippen LogP contribution in [0.25, 0.3) is 0 Å². The Morgan fingerprint density at radius 2 is 1.65 bits per heavy atom. The summed E-state index contributed by atoms with van der Waals surface area (Å²) in [7, 11) is 0. The number of carbonyl (C=O) groups excluding carboxylic acids is 2. The minimum atomic E-state index is -0.172. The van der Waals surface area contributed by atoms with Crippen molar-refractivity contribution in [3.05, 3.63) is 33.8 Å². The third-order valence-electron chi connectivity index (χ3n) is 3.76. The molecule has 2 rings (SSSR count). The summed E-state index contributed by atoms with van der Waals surface area (Å²) in [5.74, 6) is 1.86. The first-order chi connectivity index (χ1) is 11.0. The van der Waals surface area contributed by atoms with Crippen molar-refractivity contribution in [3.63, 3.8) is 0 Å². The van der Waals surface area contributed by atoms with Gasteiger partial charge in [-0.1, -0.05) is 36.2 Å². The number of nitrogens with zero attached hydrogens (tertiary/aromatic N) is 2. The molecule has 1 aliphatic heterocycles. The van der Waals surface area contributed by atoms with Gasteiger partial charge in [0.2, 0.25) is 5.91 Å². The summed E-state index contributed by atoms with van der Waals surface area (Å²) < 4.78 is 0. The van der Waals surface area contributed by atoms with Crippen molar-refractivity contribution in [2.24, 2.45) is 0 Å². The van der Waals surface area contributed by atoms with Crippen LogP contribution in [-0.4, -0.2) is 59.3 Å². The van der Waals surface area contributed by atoms with E-state index >= 15 is 0 Å². The maximum absolute atomic E-state index is 12.6. The summed E-state index contributed by atoms with van der Waals surface area (Å²) in [5.41, 5.74) is 0.343. The summed E-state index contributed by atoms with van der Waals surface area (Å²) >= 11 is 14.0.